The van der Waals surface area contributed by atoms with Crippen LogP contribution in [-0.4, -0.2) is 31.0 Å². The zero-order valence-corrected chi connectivity index (χ0v) is 10.4. The van der Waals surface area contributed by atoms with Crippen LogP contribution >= 0.6 is 0 Å². The molecular weight excluding hydrogens is 228 g/mol. The molecule has 1 aromatic rings. The standard InChI is InChI=1S/C13H16N4O/c1-15-13(18)10-4-3-7-17(9-10)12-6-2-5-11(8-14)16-12/h2,5-6,10H,3-4,7,9H2,1H3,(H,15,18). The lowest BCUT2D eigenvalue weighted by Crippen LogP contribution is -2.42. The van der Waals surface area contributed by atoms with Crippen molar-refractivity contribution in [2.75, 3.05) is 25.0 Å². The Morgan fingerprint density at radius 3 is 3.17 bits per heavy atom. The first-order chi connectivity index (χ1) is 8.74. The van der Waals surface area contributed by atoms with Crippen molar-refractivity contribution in [3.05, 3.63) is 23.9 Å². The highest BCUT2D eigenvalue weighted by Crippen LogP contribution is 2.21. The number of nitriles is 1. The Labute approximate surface area is 106 Å². The fourth-order valence-corrected chi connectivity index (χ4v) is 2.27. The lowest BCUT2D eigenvalue weighted by Gasteiger charge is -2.32. The quantitative estimate of drug-likeness (QED) is 0.839. The van der Waals surface area contributed by atoms with Gasteiger partial charge in [0.15, 0.2) is 0 Å². The van der Waals surface area contributed by atoms with Gasteiger partial charge in [-0.25, -0.2) is 4.98 Å². The minimum atomic E-state index is 0.0105. The van der Waals surface area contributed by atoms with Crippen molar-refractivity contribution in [3.8, 4) is 6.07 Å². The molecular formula is C13H16N4O. The molecule has 0 aliphatic carbocycles. The van der Waals surface area contributed by atoms with E-state index in [4.69, 9.17) is 5.26 Å². The second kappa shape index (κ2) is 5.50. The van der Waals surface area contributed by atoms with Crippen LogP contribution in [0.5, 0.6) is 0 Å². The van der Waals surface area contributed by atoms with Crippen LogP contribution in [0.25, 0.3) is 0 Å². The van der Waals surface area contributed by atoms with Gasteiger partial charge < -0.3 is 10.2 Å². The number of hydrogen-bond donors (Lipinski definition) is 1. The maximum Gasteiger partial charge on any atom is 0.224 e. The number of anilines is 1. The predicted molar refractivity (Wildman–Crippen MR) is 68.0 cm³/mol. The highest BCUT2D eigenvalue weighted by atomic mass is 16.1. The fraction of sp³-hybridized carbons (Fsp3) is 0.462. The molecule has 1 unspecified atom stereocenters. The Morgan fingerprint density at radius 2 is 2.44 bits per heavy atom. The monoisotopic (exact) mass is 244 g/mol. The molecule has 1 saturated heterocycles. The van der Waals surface area contributed by atoms with Crippen molar-refractivity contribution in [1.29, 1.82) is 5.26 Å². The summed E-state index contributed by atoms with van der Waals surface area (Å²) in [6, 6.07) is 7.42. The molecule has 2 rings (SSSR count). The molecule has 1 aliphatic heterocycles. The van der Waals surface area contributed by atoms with Crippen LogP contribution in [0.3, 0.4) is 0 Å². The van der Waals surface area contributed by atoms with Gasteiger partial charge in [-0.1, -0.05) is 6.07 Å². The van der Waals surface area contributed by atoms with E-state index in [1.54, 1.807) is 13.1 Å². The number of amides is 1. The summed E-state index contributed by atoms with van der Waals surface area (Å²) in [6.45, 7) is 1.55. The minimum absolute atomic E-state index is 0.0105. The van der Waals surface area contributed by atoms with E-state index in [1.807, 2.05) is 18.2 Å². The number of pyridine rings is 1. The van der Waals surface area contributed by atoms with Crippen molar-refractivity contribution < 1.29 is 4.79 Å². The van der Waals surface area contributed by atoms with Crippen molar-refractivity contribution in [1.82, 2.24) is 10.3 Å². The lowest BCUT2D eigenvalue weighted by molar-refractivity contribution is -0.124. The van der Waals surface area contributed by atoms with Crippen LogP contribution in [0.15, 0.2) is 18.2 Å². The molecule has 94 valence electrons. The van der Waals surface area contributed by atoms with Crippen molar-refractivity contribution in [3.63, 3.8) is 0 Å². The van der Waals surface area contributed by atoms with E-state index in [9.17, 15) is 4.79 Å². The summed E-state index contributed by atoms with van der Waals surface area (Å²) < 4.78 is 0. The van der Waals surface area contributed by atoms with E-state index < -0.39 is 0 Å². The molecule has 0 saturated carbocycles. The van der Waals surface area contributed by atoms with E-state index in [-0.39, 0.29) is 11.8 Å². The highest BCUT2D eigenvalue weighted by Gasteiger charge is 2.25. The van der Waals surface area contributed by atoms with Crippen LogP contribution in [0.4, 0.5) is 5.82 Å². The van der Waals surface area contributed by atoms with Gasteiger partial charge in [0.25, 0.3) is 0 Å². The first-order valence-corrected chi connectivity index (χ1v) is 6.08. The molecule has 18 heavy (non-hydrogen) atoms. The third kappa shape index (κ3) is 2.59. The predicted octanol–water partition coefficient (Wildman–Crippen LogP) is 0.916. The van der Waals surface area contributed by atoms with Gasteiger partial charge in [-0.15, -0.1) is 0 Å². The molecule has 1 fully saturated rings. The maximum absolute atomic E-state index is 11.7. The van der Waals surface area contributed by atoms with Crippen molar-refractivity contribution in [2.24, 2.45) is 5.92 Å². The second-order valence-electron chi connectivity index (χ2n) is 4.39. The van der Waals surface area contributed by atoms with Gasteiger partial charge in [0.05, 0.1) is 5.92 Å². The number of carbonyl (C=O) groups is 1. The Bertz CT molecular complexity index is 480. The summed E-state index contributed by atoms with van der Waals surface area (Å²) in [5.74, 6) is 0.870. The summed E-state index contributed by atoms with van der Waals surface area (Å²) >= 11 is 0. The number of nitrogens with one attached hydrogen (secondary N) is 1. The summed E-state index contributed by atoms with van der Waals surface area (Å²) in [5.41, 5.74) is 0.412. The van der Waals surface area contributed by atoms with Gasteiger partial charge >= 0.3 is 0 Å². The maximum atomic E-state index is 11.7. The summed E-state index contributed by atoms with van der Waals surface area (Å²) in [5, 5.41) is 11.5. The van der Waals surface area contributed by atoms with Crippen molar-refractivity contribution >= 4 is 11.7 Å². The summed E-state index contributed by atoms with van der Waals surface area (Å²) in [6.07, 6.45) is 1.88. The third-order valence-corrected chi connectivity index (χ3v) is 3.21. The first kappa shape index (κ1) is 12.4. The zero-order chi connectivity index (χ0) is 13.0. The van der Waals surface area contributed by atoms with Crippen LogP contribution < -0.4 is 10.2 Å². The Kier molecular flexibility index (Phi) is 3.78. The molecule has 1 aliphatic rings. The van der Waals surface area contributed by atoms with E-state index in [0.29, 0.717) is 12.2 Å². The van der Waals surface area contributed by atoms with E-state index >= 15 is 0 Å². The molecule has 1 atom stereocenters. The van der Waals surface area contributed by atoms with Crippen LogP contribution in [0.2, 0.25) is 0 Å². The summed E-state index contributed by atoms with van der Waals surface area (Å²) in [7, 11) is 1.66. The molecule has 5 heteroatoms. The zero-order valence-electron chi connectivity index (χ0n) is 10.4. The molecule has 0 radical (unpaired) electrons. The average Bonchev–Trinajstić information content (AvgIpc) is 2.46. The van der Waals surface area contributed by atoms with Gasteiger partial charge in [-0.05, 0) is 25.0 Å². The normalized spacial score (nSPS) is 19.1. The third-order valence-electron chi connectivity index (χ3n) is 3.21. The van der Waals surface area contributed by atoms with E-state index in [2.05, 4.69) is 15.2 Å². The van der Waals surface area contributed by atoms with Crippen molar-refractivity contribution in [2.45, 2.75) is 12.8 Å². The van der Waals surface area contributed by atoms with Crippen LogP contribution in [0.1, 0.15) is 18.5 Å². The minimum Gasteiger partial charge on any atom is -0.359 e. The molecule has 5 nitrogen and oxygen atoms in total. The van der Waals surface area contributed by atoms with Gasteiger partial charge in [0, 0.05) is 20.1 Å². The largest absolute Gasteiger partial charge is 0.359 e. The Hall–Kier alpha value is -2.09. The van der Waals surface area contributed by atoms with Gasteiger partial charge in [0.2, 0.25) is 5.91 Å². The van der Waals surface area contributed by atoms with E-state index in [0.717, 1.165) is 25.2 Å². The van der Waals surface area contributed by atoms with Crippen LogP contribution in [0, 0.1) is 17.2 Å². The molecule has 0 aromatic carbocycles. The molecule has 2 heterocycles. The first-order valence-electron chi connectivity index (χ1n) is 6.08. The smallest absolute Gasteiger partial charge is 0.224 e. The topological polar surface area (TPSA) is 69.0 Å². The SMILES string of the molecule is CNC(=O)C1CCCN(c2cccc(C#N)n2)C1. The van der Waals surface area contributed by atoms with Gasteiger partial charge in [-0.3, -0.25) is 4.79 Å². The number of aromatic nitrogens is 1. The van der Waals surface area contributed by atoms with E-state index in [1.165, 1.54) is 0 Å². The fourth-order valence-electron chi connectivity index (χ4n) is 2.27. The lowest BCUT2D eigenvalue weighted by atomic mass is 9.97. The number of rotatable bonds is 2. The number of piperidine rings is 1. The van der Waals surface area contributed by atoms with Gasteiger partial charge in [0.1, 0.15) is 17.6 Å². The highest BCUT2D eigenvalue weighted by molar-refractivity contribution is 5.79. The second-order valence-corrected chi connectivity index (χ2v) is 4.39. The summed E-state index contributed by atoms with van der Waals surface area (Å²) in [4.78, 5) is 18.0. The van der Waals surface area contributed by atoms with Gasteiger partial charge in [-0.2, -0.15) is 5.26 Å². The molecule has 1 N–H and O–H groups in total. The number of nitrogens with zero attached hydrogens (tertiary/aromatic N) is 3. The average molecular weight is 244 g/mol. The number of hydrogen-bond acceptors (Lipinski definition) is 4. The number of carbonyl (C=O) groups excluding carboxylic acids is 1. The Balaban J connectivity index is 2.13. The molecule has 0 bridgehead atoms. The molecule has 0 spiro atoms. The molecule has 1 amide bonds. The molecule has 1 aromatic heterocycles. The Morgan fingerprint density at radius 1 is 1.61 bits per heavy atom. The van der Waals surface area contributed by atoms with Crippen LogP contribution in [-0.2, 0) is 4.79 Å².